The predicted octanol–water partition coefficient (Wildman–Crippen LogP) is 6.58. The second-order valence-corrected chi connectivity index (χ2v) is 9.61. The third-order valence-corrected chi connectivity index (χ3v) is 6.60. The third-order valence-electron chi connectivity index (χ3n) is 5.61. The zero-order chi connectivity index (χ0) is 25.9. The molecule has 0 saturated carbocycles. The lowest BCUT2D eigenvalue weighted by Crippen LogP contribution is -2.51. The number of carbonyl (C=O) groups excluding carboxylic acids is 2. The number of rotatable bonds is 12. The maximum Gasteiger partial charge on any atom is 0.261 e. The lowest BCUT2D eigenvalue weighted by Gasteiger charge is -2.31. The smallest absolute Gasteiger partial charge is 0.261 e. The summed E-state index contributed by atoms with van der Waals surface area (Å²) in [5, 5.41) is 4.36. The highest BCUT2D eigenvalue weighted by atomic mass is 35.5. The number of hydrogen-bond donors (Lipinski definition) is 1. The van der Waals surface area contributed by atoms with Crippen LogP contribution in [-0.4, -0.2) is 35.9 Å². The molecule has 0 bridgehead atoms. The van der Waals surface area contributed by atoms with Gasteiger partial charge >= 0.3 is 0 Å². The first-order chi connectivity index (χ1) is 17.4. The van der Waals surface area contributed by atoms with E-state index in [4.69, 9.17) is 39.5 Å². The molecule has 0 radical (unpaired) electrons. The van der Waals surface area contributed by atoms with E-state index in [0.29, 0.717) is 33.8 Å². The molecule has 0 unspecified atom stereocenters. The largest absolute Gasteiger partial charge is 0.484 e. The number of unbranched alkanes of at least 4 members (excludes halogenated alkanes) is 1. The minimum Gasteiger partial charge on any atom is -0.484 e. The van der Waals surface area contributed by atoms with Crippen molar-refractivity contribution in [1.82, 2.24) is 10.2 Å². The van der Waals surface area contributed by atoms with Gasteiger partial charge in [0.1, 0.15) is 11.8 Å². The number of carbonyl (C=O) groups is 2. The number of ether oxygens (including phenoxy) is 1. The highest BCUT2D eigenvalue weighted by Gasteiger charge is 2.30. The van der Waals surface area contributed by atoms with Crippen LogP contribution in [-0.2, 0) is 22.6 Å². The molecule has 3 aromatic rings. The fourth-order valence-corrected chi connectivity index (χ4v) is 4.10. The Kier molecular flexibility index (Phi) is 10.9. The van der Waals surface area contributed by atoms with E-state index in [1.165, 1.54) is 0 Å². The zero-order valence-electron chi connectivity index (χ0n) is 20.1. The average Bonchev–Trinajstić information content (AvgIpc) is 2.88. The fourth-order valence-electron chi connectivity index (χ4n) is 3.65. The molecule has 3 aromatic carbocycles. The van der Waals surface area contributed by atoms with Gasteiger partial charge < -0.3 is 15.0 Å². The first-order valence-corrected chi connectivity index (χ1v) is 12.9. The summed E-state index contributed by atoms with van der Waals surface area (Å²) >= 11 is 18.3. The minimum atomic E-state index is -0.750. The van der Waals surface area contributed by atoms with Gasteiger partial charge in [0.2, 0.25) is 5.91 Å². The van der Waals surface area contributed by atoms with Crippen LogP contribution in [0.1, 0.15) is 30.9 Å². The van der Waals surface area contributed by atoms with Gasteiger partial charge in [-0.15, -0.1) is 0 Å². The molecule has 1 N–H and O–H groups in total. The number of nitrogens with zero attached hydrogens (tertiary/aromatic N) is 1. The summed E-state index contributed by atoms with van der Waals surface area (Å²) in [6.45, 7) is 2.52. The van der Waals surface area contributed by atoms with E-state index in [1.807, 2.05) is 30.3 Å². The average molecular weight is 548 g/mol. The van der Waals surface area contributed by atoms with Crippen molar-refractivity contribution in [3.05, 3.63) is 99.0 Å². The van der Waals surface area contributed by atoms with Crippen molar-refractivity contribution in [3.8, 4) is 5.75 Å². The van der Waals surface area contributed by atoms with Crippen molar-refractivity contribution in [2.45, 2.75) is 38.8 Å². The summed E-state index contributed by atoms with van der Waals surface area (Å²) in [4.78, 5) is 28.5. The number of hydrogen-bond acceptors (Lipinski definition) is 3. The molecule has 0 spiro atoms. The maximum atomic E-state index is 13.5. The molecule has 0 saturated heterocycles. The van der Waals surface area contributed by atoms with Crippen LogP contribution in [0, 0.1) is 0 Å². The molecule has 0 aliphatic carbocycles. The molecule has 190 valence electrons. The van der Waals surface area contributed by atoms with Gasteiger partial charge in [0.25, 0.3) is 5.91 Å². The van der Waals surface area contributed by atoms with Crippen LogP contribution in [0.3, 0.4) is 0 Å². The summed E-state index contributed by atoms with van der Waals surface area (Å²) in [7, 11) is 0. The molecule has 8 heteroatoms. The van der Waals surface area contributed by atoms with Gasteiger partial charge in [0.15, 0.2) is 6.61 Å². The molecule has 0 aromatic heterocycles. The maximum absolute atomic E-state index is 13.5. The summed E-state index contributed by atoms with van der Waals surface area (Å²) in [6, 6.07) is 20.8. The zero-order valence-corrected chi connectivity index (χ0v) is 22.3. The Morgan fingerprint density at radius 3 is 2.31 bits per heavy atom. The van der Waals surface area contributed by atoms with Crippen molar-refractivity contribution >= 4 is 46.6 Å². The molecule has 3 rings (SSSR count). The van der Waals surface area contributed by atoms with E-state index in [2.05, 4.69) is 12.2 Å². The van der Waals surface area contributed by atoms with Crippen LogP contribution in [0.25, 0.3) is 0 Å². The number of halogens is 3. The lowest BCUT2D eigenvalue weighted by molar-refractivity contribution is -0.142. The van der Waals surface area contributed by atoms with Crippen LogP contribution in [0.2, 0.25) is 15.1 Å². The first-order valence-electron chi connectivity index (χ1n) is 11.8. The summed E-state index contributed by atoms with van der Waals surface area (Å²) in [5.41, 5.74) is 1.70. The Morgan fingerprint density at radius 1 is 0.917 bits per heavy atom. The van der Waals surface area contributed by atoms with Gasteiger partial charge in [-0.25, -0.2) is 0 Å². The molecule has 0 aliphatic heterocycles. The topological polar surface area (TPSA) is 58.6 Å². The van der Waals surface area contributed by atoms with Crippen LogP contribution >= 0.6 is 34.8 Å². The molecule has 36 heavy (non-hydrogen) atoms. The molecular formula is C28H29Cl3N2O3. The van der Waals surface area contributed by atoms with Gasteiger partial charge in [-0.3, -0.25) is 9.59 Å². The van der Waals surface area contributed by atoms with Gasteiger partial charge in [0.05, 0.1) is 10.0 Å². The van der Waals surface area contributed by atoms with Crippen molar-refractivity contribution in [2.24, 2.45) is 0 Å². The Morgan fingerprint density at radius 2 is 1.64 bits per heavy atom. The SMILES string of the molecule is CCCCNC(=O)[C@H](Cc1ccccc1)N(Cc1ccc(Cl)c(Cl)c1)C(=O)COc1ccc(Cl)cc1. The minimum absolute atomic E-state index is 0.165. The van der Waals surface area contributed by atoms with Crippen LogP contribution < -0.4 is 10.1 Å². The molecule has 2 amide bonds. The Hall–Kier alpha value is -2.73. The fraction of sp³-hybridized carbons (Fsp3) is 0.286. The molecule has 0 aliphatic rings. The first kappa shape index (κ1) is 27.9. The number of benzene rings is 3. The Bertz CT molecular complexity index is 1140. The van der Waals surface area contributed by atoms with Crippen molar-refractivity contribution in [2.75, 3.05) is 13.2 Å². The van der Waals surface area contributed by atoms with E-state index in [-0.39, 0.29) is 25.0 Å². The standard InChI is InChI=1S/C28H29Cl3N2O3/c1-2-3-15-32-28(35)26(17-20-7-5-4-6-8-20)33(18-21-9-14-24(30)25(31)16-21)27(34)19-36-23-12-10-22(29)11-13-23/h4-14,16,26H,2-3,15,17-19H2,1H3,(H,32,35)/t26-/m0/s1. The normalized spacial score (nSPS) is 11.6. The highest BCUT2D eigenvalue weighted by Crippen LogP contribution is 2.24. The van der Waals surface area contributed by atoms with Crippen molar-refractivity contribution in [3.63, 3.8) is 0 Å². The van der Waals surface area contributed by atoms with Crippen LogP contribution in [0.15, 0.2) is 72.8 Å². The second-order valence-electron chi connectivity index (χ2n) is 8.36. The molecule has 1 atom stereocenters. The van der Waals surface area contributed by atoms with E-state index in [9.17, 15) is 9.59 Å². The molecule has 5 nitrogen and oxygen atoms in total. The van der Waals surface area contributed by atoms with Crippen LogP contribution in [0.4, 0.5) is 0 Å². The van der Waals surface area contributed by atoms with Gasteiger partial charge in [-0.1, -0.05) is 84.5 Å². The van der Waals surface area contributed by atoms with Gasteiger partial charge in [-0.2, -0.15) is 0 Å². The summed E-state index contributed by atoms with van der Waals surface area (Å²) < 4.78 is 5.73. The Balaban J connectivity index is 1.89. The molecule has 0 fully saturated rings. The van der Waals surface area contributed by atoms with Gasteiger partial charge in [-0.05, 0) is 53.9 Å². The van der Waals surface area contributed by atoms with E-state index < -0.39 is 6.04 Å². The molecular weight excluding hydrogens is 519 g/mol. The number of amides is 2. The summed E-state index contributed by atoms with van der Waals surface area (Å²) in [6.07, 6.45) is 2.15. The highest BCUT2D eigenvalue weighted by molar-refractivity contribution is 6.42. The lowest BCUT2D eigenvalue weighted by atomic mass is 10.0. The van der Waals surface area contributed by atoms with E-state index in [0.717, 1.165) is 24.0 Å². The van der Waals surface area contributed by atoms with E-state index >= 15 is 0 Å². The Labute approximate surface area is 227 Å². The monoisotopic (exact) mass is 546 g/mol. The quantitative estimate of drug-likeness (QED) is 0.261. The van der Waals surface area contributed by atoms with Crippen LogP contribution in [0.5, 0.6) is 5.75 Å². The third kappa shape index (κ3) is 8.44. The summed E-state index contributed by atoms with van der Waals surface area (Å²) in [5.74, 6) is -0.0379. The molecule has 0 heterocycles. The second kappa shape index (κ2) is 14.1. The van der Waals surface area contributed by atoms with Gasteiger partial charge in [0, 0.05) is 24.5 Å². The number of nitrogens with one attached hydrogen (secondary N) is 1. The van der Waals surface area contributed by atoms with Crippen molar-refractivity contribution in [1.29, 1.82) is 0 Å². The predicted molar refractivity (Wildman–Crippen MR) is 146 cm³/mol. The van der Waals surface area contributed by atoms with Crippen molar-refractivity contribution < 1.29 is 14.3 Å². The van der Waals surface area contributed by atoms with E-state index in [1.54, 1.807) is 47.4 Å².